The van der Waals surface area contributed by atoms with Crippen molar-refractivity contribution in [1.29, 1.82) is 0 Å². The first-order valence-electron chi connectivity index (χ1n) is 8.17. The normalized spacial score (nSPS) is 26.2. The Morgan fingerprint density at radius 3 is 2.67 bits per heavy atom. The van der Waals surface area contributed by atoms with Crippen LogP contribution in [-0.2, 0) is 9.84 Å². The van der Waals surface area contributed by atoms with Crippen molar-refractivity contribution in [1.82, 2.24) is 19.8 Å². The van der Waals surface area contributed by atoms with Crippen LogP contribution in [0.5, 0.6) is 0 Å². The molecule has 3 heterocycles. The lowest BCUT2D eigenvalue weighted by molar-refractivity contribution is 0.0363. The van der Waals surface area contributed by atoms with E-state index in [1.807, 2.05) is 13.8 Å². The number of carbonyl (C=O) groups excluding carboxylic acids is 1. The Morgan fingerprint density at radius 1 is 1.33 bits per heavy atom. The molecule has 1 aromatic rings. The van der Waals surface area contributed by atoms with Crippen molar-refractivity contribution in [2.75, 3.05) is 31.1 Å². The lowest BCUT2D eigenvalue weighted by atomic mass is 10.0. The van der Waals surface area contributed by atoms with Crippen molar-refractivity contribution >= 4 is 15.7 Å². The van der Waals surface area contributed by atoms with Gasteiger partial charge < -0.3 is 9.88 Å². The average molecular weight is 352 g/mol. The van der Waals surface area contributed by atoms with Gasteiger partial charge in [-0.3, -0.25) is 9.69 Å². The molecule has 7 nitrogen and oxygen atoms in total. The van der Waals surface area contributed by atoms with Gasteiger partial charge in [0.15, 0.2) is 9.84 Å². The molecule has 2 saturated heterocycles. The molecule has 24 heavy (non-hydrogen) atoms. The number of sulfone groups is 1. The fraction of sp³-hybridized carbons (Fsp3) is 0.625. The van der Waals surface area contributed by atoms with E-state index in [1.165, 1.54) is 11.9 Å². The summed E-state index contributed by atoms with van der Waals surface area (Å²) in [6, 6.07) is -0.430. The van der Waals surface area contributed by atoms with Crippen molar-refractivity contribution in [2.45, 2.75) is 32.9 Å². The van der Waals surface area contributed by atoms with Gasteiger partial charge in [0.25, 0.3) is 5.91 Å². The van der Waals surface area contributed by atoms with Crippen molar-refractivity contribution in [3.63, 3.8) is 0 Å². The smallest absolute Gasteiger partial charge is 0.274 e. The number of amides is 1. The number of hydrogen-bond donors (Lipinski definition) is 1. The third-order valence-corrected chi connectivity index (χ3v) is 6.52. The number of piperazine rings is 1. The molecule has 3 rings (SSSR count). The van der Waals surface area contributed by atoms with Gasteiger partial charge in [-0.1, -0.05) is 11.6 Å². The Morgan fingerprint density at radius 2 is 2.04 bits per heavy atom. The number of imidazole rings is 1. The molecule has 1 amide bonds. The number of aryl methyl sites for hydroxylation is 1. The molecule has 1 aromatic heterocycles. The fourth-order valence-electron chi connectivity index (χ4n) is 3.51. The second kappa shape index (κ2) is 6.33. The van der Waals surface area contributed by atoms with E-state index in [-0.39, 0.29) is 29.5 Å². The summed E-state index contributed by atoms with van der Waals surface area (Å²) in [5.41, 5.74) is 2.30. The molecule has 0 unspecified atom stereocenters. The van der Waals surface area contributed by atoms with Gasteiger partial charge in [0, 0.05) is 31.4 Å². The van der Waals surface area contributed by atoms with Crippen LogP contribution in [-0.4, -0.2) is 77.3 Å². The fourth-order valence-corrected chi connectivity index (χ4v) is 5.53. The lowest BCUT2D eigenvalue weighted by Gasteiger charge is -2.43. The number of aromatic nitrogens is 2. The summed E-state index contributed by atoms with van der Waals surface area (Å²) in [5.74, 6) is -0.0155. The highest BCUT2D eigenvalue weighted by molar-refractivity contribution is 7.91. The molecule has 0 aromatic carbocycles. The Balaban J connectivity index is 1.86. The molecule has 8 heteroatoms. The number of H-pyrrole nitrogens is 1. The lowest BCUT2D eigenvalue weighted by Crippen LogP contribution is -2.60. The van der Waals surface area contributed by atoms with Crippen LogP contribution in [0.4, 0.5) is 0 Å². The van der Waals surface area contributed by atoms with E-state index < -0.39 is 9.84 Å². The summed E-state index contributed by atoms with van der Waals surface area (Å²) in [7, 11) is -3.13. The summed E-state index contributed by atoms with van der Waals surface area (Å²) in [6.45, 7) is 7.79. The maximum atomic E-state index is 12.8. The Hall–Kier alpha value is -1.67. The Kier molecular flexibility index (Phi) is 4.52. The first kappa shape index (κ1) is 17.2. The number of rotatable bonds is 3. The number of aromatic amines is 1. The summed E-state index contributed by atoms with van der Waals surface area (Å²) in [5, 5.41) is 0. The largest absolute Gasteiger partial charge is 0.348 e. The molecule has 132 valence electrons. The van der Waals surface area contributed by atoms with Crippen LogP contribution >= 0.6 is 0 Å². The van der Waals surface area contributed by atoms with E-state index in [4.69, 9.17) is 0 Å². The van der Waals surface area contributed by atoms with Crippen molar-refractivity contribution in [2.24, 2.45) is 0 Å². The molecule has 2 aliphatic heterocycles. The zero-order valence-corrected chi connectivity index (χ0v) is 15.1. The van der Waals surface area contributed by atoms with E-state index in [1.54, 1.807) is 11.8 Å². The summed E-state index contributed by atoms with van der Waals surface area (Å²) < 4.78 is 24.4. The number of carbonyl (C=O) groups is 1. The summed E-state index contributed by atoms with van der Waals surface area (Å²) >= 11 is 0. The van der Waals surface area contributed by atoms with Crippen molar-refractivity contribution in [3.05, 3.63) is 29.4 Å². The minimum absolute atomic E-state index is 0.0399. The molecule has 0 bridgehead atoms. The third kappa shape index (κ3) is 3.25. The van der Waals surface area contributed by atoms with E-state index in [0.717, 1.165) is 6.54 Å². The maximum absolute atomic E-state index is 12.8. The van der Waals surface area contributed by atoms with E-state index in [0.29, 0.717) is 24.5 Å². The predicted molar refractivity (Wildman–Crippen MR) is 91.6 cm³/mol. The van der Waals surface area contributed by atoms with Gasteiger partial charge in [-0.25, -0.2) is 13.4 Å². The maximum Gasteiger partial charge on any atom is 0.274 e. The number of allylic oxidation sites excluding steroid dienone is 1. The summed E-state index contributed by atoms with van der Waals surface area (Å²) in [6.07, 6.45) is 3.61. The highest BCUT2D eigenvalue weighted by atomic mass is 32.2. The van der Waals surface area contributed by atoms with Gasteiger partial charge in [-0.15, -0.1) is 0 Å². The van der Waals surface area contributed by atoms with E-state index in [9.17, 15) is 13.2 Å². The molecule has 2 atom stereocenters. The quantitative estimate of drug-likeness (QED) is 0.806. The number of nitrogens with one attached hydrogen (secondary N) is 1. The molecule has 0 saturated carbocycles. The molecule has 0 radical (unpaired) electrons. The molecule has 2 aliphatic rings. The SMILES string of the molecule is CC(C)=CCN1CCN(C(=O)c2nc[nH]c2C)[C@@H]2CS(=O)(=O)C[C@@H]21. The third-order valence-electron chi connectivity index (χ3n) is 4.82. The molecule has 0 aliphatic carbocycles. The van der Waals surface area contributed by atoms with Gasteiger partial charge >= 0.3 is 0 Å². The molecule has 2 fully saturated rings. The van der Waals surface area contributed by atoms with Gasteiger partial charge in [-0.05, 0) is 20.8 Å². The number of nitrogens with zero attached hydrogens (tertiary/aromatic N) is 3. The van der Waals surface area contributed by atoms with E-state index >= 15 is 0 Å². The zero-order valence-electron chi connectivity index (χ0n) is 14.3. The van der Waals surface area contributed by atoms with Crippen LogP contribution in [0.15, 0.2) is 18.0 Å². The van der Waals surface area contributed by atoms with Crippen LogP contribution < -0.4 is 0 Å². The highest BCUT2D eigenvalue weighted by Crippen LogP contribution is 2.28. The van der Waals surface area contributed by atoms with Gasteiger partial charge in [0.1, 0.15) is 5.69 Å². The second-order valence-corrected chi connectivity index (χ2v) is 9.02. The van der Waals surface area contributed by atoms with Gasteiger partial charge in [0.05, 0.1) is 23.9 Å². The van der Waals surface area contributed by atoms with Gasteiger partial charge in [-0.2, -0.15) is 0 Å². The van der Waals surface area contributed by atoms with Crippen LogP contribution in [0.1, 0.15) is 30.0 Å². The average Bonchev–Trinajstić information content (AvgIpc) is 3.05. The standard InChI is InChI=1S/C16H24N4O3S/c1-11(2)4-5-19-6-7-20(14-9-24(22,23)8-13(14)19)16(21)15-12(3)17-10-18-15/h4,10,13-14H,5-9H2,1-3H3,(H,17,18)/t13-,14+/m0/s1. The molecular formula is C16H24N4O3S. The van der Waals surface area contributed by atoms with E-state index in [2.05, 4.69) is 20.9 Å². The first-order chi connectivity index (χ1) is 11.3. The topological polar surface area (TPSA) is 86.4 Å². The predicted octanol–water partition coefficient (Wildman–Crippen LogP) is 0.608. The highest BCUT2D eigenvalue weighted by Gasteiger charge is 2.48. The van der Waals surface area contributed by atoms with Crippen molar-refractivity contribution < 1.29 is 13.2 Å². The van der Waals surface area contributed by atoms with Crippen LogP contribution in [0, 0.1) is 6.92 Å². The molecule has 1 N–H and O–H groups in total. The zero-order chi connectivity index (χ0) is 17.5. The Bertz CT molecular complexity index is 764. The first-order valence-corrected chi connectivity index (χ1v) is 9.99. The second-order valence-electron chi connectivity index (χ2n) is 6.86. The Labute approximate surface area is 142 Å². The minimum Gasteiger partial charge on any atom is -0.348 e. The van der Waals surface area contributed by atoms with Crippen LogP contribution in [0.25, 0.3) is 0 Å². The summed E-state index contributed by atoms with van der Waals surface area (Å²) in [4.78, 5) is 23.7. The van der Waals surface area contributed by atoms with Crippen molar-refractivity contribution in [3.8, 4) is 0 Å². The number of fused-ring (bicyclic) bond motifs is 1. The van der Waals surface area contributed by atoms with Crippen LogP contribution in [0.2, 0.25) is 0 Å². The molecular weight excluding hydrogens is 328 g/mol. The van der Waals surface area contributed by atoms with Crippen LogP contribution in [0.3, 0.4) is 0 Å². The minimum atomic E-state index is -3.13. The van der Waals surface area contributed by atoms with Gasteiger partial charge in [0.2, 0.25) is 0 Å². The molecule has 0 spiro atoms. The monoisotopic (exact) mass is 352 g/mol. The number of hydrogen-bond acceptors (Lipinski definition) is 5.